The zero-order valence-corrected chi connectivity index (χ0v) is 16.0. The Morgan fingerprint density at radius 2 is 2.00 bits per heavy atom. The lowest BCUT2D eigenvalue weighted by atomic mass is 9.71. The largest absolute Gasteiger partial charge is 0.384 e. The summed E-state index contributed by atoms with van der Waals surface area (Å²) in [5.74, 6) is 0.810. The first kappa shape index (κ1) is 20.2. The molecule has 1 atom stereocenters. The number of likely N-dealkylation sites (tertiary alicyclic amines) is 1. The summed E-state index contributed by atoms with van der Waals surface area (Å²) in [4.78, 5) is 14.8. The number of rotatable bonds is 6. The van der Waals surface area contributed by atoms with Crippen LogP contribution in [0.25, 0.3) is 0 Å². The summed E-state index contributed by atoms with van der Waals surface area (Å²) in [5.41, 5.74) is 1.59. The molecule has 2 heterocycles. The van der Waals surface area contributed by atoms with Gasteiger partial charge in [-0.3, -0.25) is 4.79 Å². The average Bonchev–Trinajstić information content (AvgIpc) is 2.95. The third kappa shape index (κ3) is 4.96. The summed E-state index contributed by atoms with van der Waals surface area (Å²) >= 11 is 0. The summed E-state index contributed by atoms with van der Waals surface area (Å²) < 4.78 is 5.46. The monoisotopic (exact) mass is 366 g/mol. The average molecular weight is 367 g/mol. The standard InChI is InChI=1S/C20H30N2O2.ClH/c1-24-15-18-14-22(16-20(18)10-12-21-13-11-20)19(23)9-5-8-17-6-3-2-4-7-17;/h2-4,6-7,18,21H,5,8-16H2,1H3;1H. The van der Waals surface area contributed by atoms with Gasteiger partial charge in [-0.25, -0.2) is 0 Å². The van der Waals surface area contributed by atoms with Crippen LogP contribution in [0.5, 0.6) is 0 Å². The van der Waals surface area contributed by atoms with Crippen LogP contribution in [0.4, 0.5) is 0 Å². The molecule has 1 aromatic rings. The zero-order valence-electron chi connectivity index (χ0n) is 15.2. The van der Waals surface area contributed by atoms with E-state index < -0.39 is 0 Å². The molecule has 0 aliphatic carbocycles. The third-order valence-electron chi connectivity index (χ3n) is 5.83. The van der Waals surface area contributed by atoms with Gasteiger partial charge >= 0.3 is 0 Å². The van der Waals surface area contributed by atoms with Crippen molar-refractivity contribution < 1.29 is 9.53 Å². The summed E-state index contributed by atoms with van der Waals surface area (Å²) in [6.45, 7) is 4.70. The van der Waals surface area contributed by atoms with Gasteiger partial charge in [-0.2, -0.15) is 0 Å². The van der Waals surface area contributed by atoms with E-state index in [-0.39, 0.29) is 17.8 Å². The number of nitrogens with one attached hydrogen (secondary N) is 1. The number of nitrogens with zero attached hydrogens (tertiary/aromatic N) is 1. The summed E-state index contributed by atoms with van der Waals surface area (Å²) in [7, 11) is 1.78. The lowest BCUT2D eigenvalue weighted by Crippen LogP contribution is -2.43. The topological polar surface area (TPSA) is 41.6 Å². The van der Waals surface area contributed by atoms with E-state index in [1.807, 2.05) is 6.07 Å². The molecule has 2 fully saturated rings. The van der Waals surface area contributed by atoms with Crippen LogP contribution in [0.15, 0.2) is 30.3 Å². The summed E-state index contributed by atoms with van der Waals surface area (Å²) in [6.07, 6.45) is 4.90. The fraction of sp³-hybridized carbons (Fsp3) is 0.650. The van der Waals surface area contributed by atoms with Crippen LogP contribution in [0.2, 0.25) is 0 Å². The van der Waals surface area contributed by atoms with Gasteiger partial charge in [0.05, 0.1) is 6.61 Å². The molecule has 5 heteroatoms. The maximum atomic E-state index is 12.7. The van der Waals surface area contributed by atoms with Gasteiger partial charge in [0, 0.05) is 32.5 Å². The van der Waals surface area contributed by atoms with Crippen molar-refractivity contribution in [2.75, 3.05) is 39.9 Å². The van der Waals surface area contributed by atoms with Crippen LogP contribution < -0.4 is 5.32 Å². The van der Waals surface area contributed by atoms with Crippen molar-refractivity contribution in [1.82, 2.24) is 10.2 Å². The Morgan fingerprint density at radius 3 is 2.68 bits per heavy atom. The van der Waals surface area contributed by atoms with E-state index in [1.54, 1.807) is 7.11 Å². The number of piperidine rings is 1. The van der Waals surface area contributed by atoms with E-state index in [4.69, 9.17) is 4.74 Å². The van der Waals surface area contributed by atoms with E-state index in [2.05, 4.69) is 34.5 Å². The van der Waals surface area contributed by atoms with Crippen molar-refractivity contribution in [3.8, 4) is 0 Å². The van der Waals surface area contributed by atoms with Crippen molar-refractivity contribution in [2.24, 2.45) is 11.3 Å². The predicted molar refractivity (Wildman–Crippen MR) is 103 cm³/mol. The molecule has 0 bridgehead atoms. The van der Waals surface area contributed by atoms with E-state index in [1.165, 1.54) is 5.56 Å². The highest BCUT2D eigenvalue weighted by Crippen LogP contribution is 2.43. The number of ether oxygens (including phenoxy) is 1. The molecule has 4 nitrogen and oxygen atoms in total. The molecule has 0 radical (unpaired) electrons. The lowest BCUT2D eigenvalue weighted by Gasteiger charge is -2.38. The number of amides is 1. The van der Waals surface area contributed by atoms with Crippen LogP contribution in [0, 0.1) is 11.3 Å². The molecular weight excluding hydrogens is 336 g/mol. The van der Waals surface area contributed by atoms with Crippen molar-refractivity contribution in [1.29, 1.82) is 0 Å². The van der Waals surface area contributed by atoms with Gasteiger partial charge in [0.15, 0.2) is 0 Å². The number of hydrogen-bond donors (Lipinski definition) is 1. The molecule has 1 aromatic carbocycles. The molecule has 1 amide bonds. The number of halogens is 1. The minimum Gasteiger partial charge on any atom is -0.384 e. The first-order chi connectivity index (χ1) is 11.7. The number of benzene rings is 1. The molecule has 25 heavy (non-hydrogen) atoms. The first-order valence-electron chi connectivity index (χ1n) is 9.25. The second-order valence-corrected chi connectivity index (χ2v) is 7.38. The van der Waals surface area contributed by atoms with Crippen LogP contribution in [0.1, 0.15) is 31.2 Å². The summed E-state index contributed by atoms with van der Waals surface area (Å²) in [6, 6.07) is 10.4. The van der Waals surface area contributed by atoms with E-state index in [9.17, 15) is 4.79 Å². The highest BCUT2D eigenvalue weighted by Gasteiger charge is 2.47. The van der Waals surface area contributed by atoms with Crippen molar-refractivity contribution in [3.05, 3.63) is 35.9 Å². The molecule has 2 saturated heterocycles. The molecule has 0 saturated carbocycles. The van der Waals surface area contributed by atoms with Gasteiger partial charge in [0.2, 0.25) is 5.91 Å². The van der Waals surface area contributed by atoms with Gasteiger partial charge in [-0.1, -0.05) is 30.3 Å². The SMILES string of the molecule is COCC1CN(C(=O)CCCc2ccccc2)CC12CCNCC2.Cl. The maximum Gasteiger partial charge on any atom is 0.222 e. The fourth-order valence-electron chi connectivity index (χ4n) is 4.39. The third-order valence-corrected chi connectivity index (χ3v) is 5.83. The highest BCUT2D eigenvalue weighted by atomic mass is 35.5. The Morgan fingerprint density at radius 1 is 1.28 bits per heavy atom. The number of carbonyl (C=O) groups is 1. The Kier molecular flexibility index (Phi) is 7.73. The van der Waals surface area contributed by atoms with Crippen molar-refractivity contribution in [3.63, 3.8) is 0 Å². The first-order valence-corrected chi connectivity index (χ1v) is 9.25. The fourth-order valence-corrected chi connectivity index (χ4v) is 4.39. The molecule has 1 spiro atoms. The Hall–Kier alpha value is -1.10. The molecule has 140 valence electrons. The minimum atomic E-state index is 0. The quantitative estimate of drug-likeness (QED) is 0.841. The van der Waals surface area contributed by atoms with Gasteiger partial charge in [-0.05, 0) is 49.8 Å². The predicted octanol–water partition coefficient (Wildman–Crippen LogP) is 2.91. The summed E-state index contributed by atoms with van der Waals surface area (Å²) in [5, 5.41) is 3.45. The van der Waals surface area contributed by atoms with E-state index >= 15 is 0 Å². The molecule has 3 rings (SSSR count). The zero-order chi connectivity index (χ0) is 16.8. The van der Waals surface area contributed by atoms with Gasteiger partial charge in [0.1, 0.15) is 0 Å². The van der Waals surface area contributed by atoms with Crippen molar-refractivity contribution >= 4 is 18.3 Å². The molecule has 0 aromatic heterocycles. The number of methoxy groups -OCH3 is 1. The maximum absolute atomic E-state index is 12.7. The number of carbonyl (C=O) groups excluding carboxylic acids is 1. The molecular formula is C20H31ClN2O2. The number of hydrogen-bond acceptors (Lipinski definition) is 3. The molecule has 1 N–H and O–H groups in total. The smallest absolute Gasteiger partial charge is 0.222 e. The van der Waals surface area contributed by atoms with Crippen molar-refractivity contribution in [2.45, 2.75) is 32.1 Å². The minimum absolute atomic E-state index is 0. The molecule has 2 aliphatic heterocycles. The number of aryl methyl sites for hydroxylation is 1. The van der Waals surface area contributed by atoms with E-state index in [0.717, 1.165) is 58.5 Å². The Labute approximate surface area is 157 Å². The Bertz CT molecular complexity index is 532. The van der Waals surface area contributed by atoms with Crippen LogP contribution in [-0.2, 0) is 16.0 Å². The Balaban J connectivity index is 0.00000225. The molecule has 1 unspecified atom stereocenters. The molecule has 2 aliphatic rings. The lowest BCUT2D eigenvalue weighted by molar-refractivity contribution is -0.130. The van der Waals surface area contributed by atoms with Gasteiger partial charge < -0.3 is 15.0 Å². The van der Waals surface area contributed by atoms with Gasteiger partial charge in [-0.15, -0.1) is 12.4 Å². The second-order valence-electron chi connectivity index (χ2n) is 7.38. The van der Waals surface area contributed by atoms with E-state index in [0.29, 0.717) is 18.2 Å². The van der Waals surface area contributed by atoms with Gasteiger partial charge in [0.25, 0.3) is 0 Å². The highest BCUT2D eigenvalue weighted by molar-refractivity contribution is 5.85. The van der Waals surface area contributed by atoms with Crippen LogP contribution in [-0.4, -0.2) is 50.7 Å². The van der Waals surface area contributed by atoms with Crippen LogP contribution in [0.3, 0.4) is 0 Å². The van der Waals surface area contributed by atoms with Crippen LogP contribution >= 0.6 is 12.4 Å². The second kappa shape index (κ2) is 9.56. The normalized spacial score (nSPS) is 22.0.